The van der Waals surface area contributed by atoms with Crippen LogP contribution in [0, 0.1) is 5.92 Å². The first-order valence-corrected chi connectivity index (χ1v) is 6.18. The van der Waals surface area contributed by atoms with Crippen LogP contribution in [-0.2, 0) is 6.42 Å². The maximum atomic E-state index is 5.79. The minimum absolute atomic E-state index is 0.491. The van der Waals surface area contributed by atoms with Gasteiger partial charge in [0.2, 0.25) is 0 Å². The quantitative estimate of drug-likeness (QED) is 0.794. The lowest BCUT2D eigenvalue weighted by atomic mass is 10.0. The van der Waals surface area contributed by atoms with Crippen LogP contribution in [0.3, 0.4) is 0 Å². The van der Waals surface area contributed by atoms with E-state index >= 15 is 0 Å². The van der Waals surface area contributed by atoms with Crippen molar-refractivity contribution in [2.45, 2.75) is 32.3 Å². The van der Waals surface area contributed by atoms with Crippen LogP contribution in [0.5, 0.6) is 5.75 Å². The third-order valence-electron chi connectivity index (χ3n) is 2.86. The summed E-state index contributed by atoms with van der Waals surface area (Å²) in [6, 6.07) is 8.53. The highest BCUT2D eigenvalue weighted by molar-refractivity contribution is 5.29. The molecule has 16 heavy (non-hydrogen) atoms. The standard InChI is InChI=1S/C14H21NO/c1-11(10-15-2)8-12-4-3-5-14(9-12)16-13-6-7-13/h3-5,9,11,13,15H,6-8,10H2,1-2H3. The Morgan fingerprint density at radius 3 is 2.94 bits per heavy atom. The molecule has 1 saturated carbocycles. The molecular weight excluding hydrogens is 198 g/mol. The fraction of sp³-hybridized carbons (Fsp3) is 0.571. The lowest BCUT2D eigenvalue weighted by Crippen LogP contribution is -2.17. The summed E-state index contributed by atoms with van der Waals surface area (Å²) in [6.45, 7) is 3.33. The van der Waals surface area contributed by atoms with Crippen LogP contribution in [0.1, 0.15) is 25.3 Å². The molecule has 1 aromatic carbocycles. The lowest BCUT2D eigenvalue weighted by molar-refractivity contribution is 0.303. The van der Waals surface area contributed by atoms with Crippen molar-refractivity contribution in [3.63, 3.8) is 0 Å². The number of hydrogen-bond donors (Lipinski definition) is 1. The van der Waals surface area contributed by atoms with Crippen LogP contribution in [0.2, 0.25) is 0 Å². The molecule has 0 aliphatic heterocycles. The van der Waals surface area contributed by atoms with Crippen LogP contribution in [0.15, 0.2) is 24.3 Å². The highest BCUT2D eigenvalue weighted by Crippen LogP contribution is 2.27. The van der Waals surface area contributed by atoms with E-state index in [9.17, 15) is 0 Å². The molecule has 2 heteroatoms. The minimum atomic E-state index is 0.491. The molecule has 0 heterocycles. The Hall–Kier alpha value is -1.02. The first-order chi connectivity index (χ1) is 7.78. The number of benzene rings is 1. The van der Waals surface area contributed by atoms with Crippen molar-refractivity contribution in [3.05, 3.63) is 29.8 Å². The molecule has 1 aliphatic carbocycles. The van der Waals surface area contributed by atoms with Crippen LogP contribution in [0.25, 0.3) is 0 Å². The van der Waals surface area contributed by atoms with E-state index in [1.165, 1.54) is 18.4 Å². The van der Waals surface area contributed by atoms with E-state index < -0.39 is 0 Å². The first-order valence-electron chi connectivity index (χ1n) is 6.18. The van der Waals surface area contributed by atoms with Crippen molar-refractivity contribution in [3.8, 4) is 5.75 Å². The monoisotopic (exact) mass is 219 g/mol. The van der Waals surface area contributed by atoms with Gasteiger partial charge in [-0.15, -0.1) is 0 Å². The molecule has 1 unspecified atom stereocenters. The summed E-state index contributed by atoms with van der Waals surface area (Å²) in [7, 11) is 2.00. The average molecular weight is 219 g/mol. The van der Waals surface area contributed by atoms with E-state index in [0.29, 0.717) is 12.0 Å². The molecule has 0 spiro atoms. The highest BCUT2D eigenvalue weighted by atomic mass is 16.5. The van der Waals surface area contributed by atoms with Gasteiger partial charge in [0.15, 0.2) is 0 Å². The Balaban J connectivity index is 1.92. The van der Waals surface area contributed by atoms with E-state index in [4.69, 9.17) is 4.74 Å². The van der Waals surface area contributed by atoms with E-state index in [1.807, 2.05) is 7.05 Å². The van der Waals surface area contributed by atoms with Gasteiger partial charge >= 0.3 is 0 Å². The number of nitrogens with one attached hydrogen (secondary N) is 1. The van der Waals surface area contributed by atoms with Crippen molar-refractivity contribution in [1.82, 2.24) is 5.32 Å². The number of hydrogen-bond acceptors (Lipinski definition) is 2. The van der Waals surface area contributed by atoms with E-state index in [1.54, 1.807) is 0 Å². The SMILES string of the molecule is CNCC(C)Cc1cccc(OC2CC2)c1. The Morgan fingerprint density at radius 1 is 1.44 bits per heavy atom. The number of rotatable bonds is 6. The maximum Gasteiger partial charge on any atom is 0.119 e. The minimum Gasteiger partial charge on any atom is -0.490 e. The smallest absolute Gasteiger partial charge is 0.119 e. The number of ether oxygens (including phenoxy) is 1. The Morgan fingerprint density at radius 2 is 2.25 bits per heavy atom. The second-order valence-electron chi connectivity index (χ2n) is 4.83. The molecule has 0 radical (unpaired) electrons. The summed E-state index contributed by atoms with van der Waals surface area (Å²) in [5.74, 6) is 1.71. The lowest BCUT2D eigenvalue weighted by Gasteiger charge is -2.12. The Labute approximate surface area is 98.0 Å². The first kappa shape index (κ1) is 11.5. The van der Waals surface area contributed by atoms with Gasteiger partial charge in [0.05, 0.1) is 6.10 Å². The molecule has 0 bridgehead atoms. The van der Waals surface area contributed by atoms with Gasteiger partial charge in [0.1, 0.15) is 5.75 Å². The third-order valence-corrected chi connectivity index (χ3v) is 2.86. The van der Waals surface area contributed by atoms with Gasteiger partial charge in [-0.2, -0.15) is 0 Å². The highest BCUT2D eigenvalue weighted by Gasteiger charge is 2.23. The zero-order valence-electron chi connectivity index (χ0n) is 10.2. The van der Waals surface area contributed by atoms with Crippen LogP contribution in [-0.4, -0.2) is 19.7 Å². The molecule has 0 aromatic heterocycles. The van der Waals surface area contributed by atoms with Gasteiger partial charge < -0.3 is 10.1 Å². The third kappa shape index (κ3) is 3.53. The van der Waals surface area contributed by atoms with Crippen LogP contribution >= 0.6 is 0 Å². The van der Waals surface area contributed by atoms with Crippen molar-refractivity contribution in [2.24, 2.45) is 5.92 Å². The molecule has 88 valence electrons. The van der Waals surface area contributed by atoms with Gasteiger partial charge in [-0.05, 0) is 56.5 Å². The van der Waals surface area contributed by atoms with Gasteiger partial charge in [-0.25, -0.2) is 0 Å². The predicted molar refractivity (Wildman–Crippen MR) is 66.9 cm³/mol. The molecule has 1 aliphatic rings. The molecule has 0 saturated heterocycles. The second kappa shape index (κ2) is 5.35. The molecule has 2 nitrogen and oxygen atoms in total. The molecule has 0 amide bonds. The summed E-state index contributed by atoms with van der Waals surface area (Å²) in [5, 5.41) is 3.21. The largest absolute Gasteiger partial charge is 0.490 e. The van der Waals surface area contributed by atoms with Gasteiger partial charge in [0.25, 0.3) is 0 Å². The van der Waals surface area contributed by atoms with Gasteiger partial charge in [-0.1, -0.05) is 19.1 Å². The van der Waals surface area contributed by atoms with Gasteiger partial charge in [-0.3, -0.25) is 0 Å². The molecule has 1 fully saturated rings. The van der Waals surface area contributed by atoms with E-state index in [0.717, 1.165) is 18.7 Å². The fourth-order valence-corrected chi connectivity index (χ4v) is 1.95. The van der Waals surface area contributed by atoms with Crippen molar-refractivity contribution < 1.29 is 4.74 Å². The van der Waals surface area contributed by atoms with E-state index in [-0.39, 0.29) is 0 Å². The summed E-state index contributed by atoms with van der Waals surface area (Å²) in [6.07, 6.45) is 4.05. The normalized spacial score (nSPS) is 17.1. The predicted octanol–water partition coefficient (Wildman–Crippen LogP) is 2.63. The van der Waals surface area contributed by atoms with Gasteiger partial charge in [0, 0.05) is 0 Å². The zero-order chi connectivity index (χ0) is 11.4. The van der Waals surface area contributed by atoms with Crippen molar-refractivity contribution >= 4 is 0 Å². The second-order valence-corrected chi connectivity index (χ2v) is 4.83. The van der Waals surface area contributed by atoms with Crippen molar-refractivity contribution in [1.29, 1.82) is 0 Å². The summed E-state index contributed by atoms with van der Waals surface area (Å²) >= 11 is 0. The fourth-order valence-electron chi connectivity index (χ4n) is 1.95. The molecule has 1 atom stereocenters. The van der Waals surface area contributed by atoms with Crippen LogP contribution in [0.4, 0.5) is 0 Å². The average Bonchev–Trinajstić information content (AvgIpc) is 3.02. The summed E-state index contributed by atoms with van der Waals surface area (Å²) in [4.78, 5) is 0. The summed E-state index contributed by atoms with van der Waals surface area (Å²) < 4.78 is 5.79. The topological polar surface area (TPSA) is 21.3 Å². The molecular formula is C14H21NO. The van der Waals surface area contributed by atoms with Crippen molar-refractivity contribution in [2.75, 3.05) is 13.6 Å². The molecule has 1 aromatic rings. The zero-order valence-corrected chi connectivity index (χ0v) is 10.2. The maximum absolute atomic E-state index is 5.79. The van der Waals surface area contributed by atoms with E-state index in [2.05, 4.69) is 36.5 Å². The van der Waals surface area contributed by atoms with Crippen LogP contribution < -0.4 is 10.1 Å². The molecule has 2 rings (SSSR count). The summed E-state index contributed by atoms with van der Waals surface area (Å²) in [5.41, 5.74) is 1.38. The Kier molecular flexibility index (Phi) is 3.83. The molecule has 1 N–H and O–H groups in total. The Bertz CT molecular complexity index is 333.